The number of carbonyl (C=O) groups excluding carboxylic acids is 1. The molecule has 0 N–H and O–H groups in total. The number of rotatable bonds is 20. The van der Waals surface area contributed by atoms with E-state index in [0.717, 1.165) is 43.9 Å². The maximum atomic E-state index is 12.8. The second kappa shape index (κ2) is 19.2. The van der Waals surface area contributed by atoms with Crippen molar-refractivity contribution in [3.63, 3.8) is 0 Å². The highest BCUT2D eigenvalue weighted by molar-refractivity contribution is 5.69. The Morgan fingerprint density at radius 2 is 1.46 bits per heavy atom. The van der Waals surface area contributed by atoms with Crippen LogP contribution < -0.4 is 0 Å². The summed E-state index contributed by atoms with van der Waals surface area (Å²) < 4.78 is 6.10. The Hall–Kier alpha value is -1.57. The molecule has 4 rings (SSSR count). The van der Waals surface area contributed by atoms with Crippen LogP contribution in [0.5, 0.6) is 0 Å². The smallest absolute Gasteiger partial charge is 0.306 e. The average Bonchev–Trinajstić information content (AvgIpc) is 3.42. The van der Waals surface area contributed by atoms with E-state index in [0.29, 0.717) is 35.5 Å². The van der Waals surface area contributed by atoms with Gasteiger partial charge >= 0.3 is 5.97 Å². The molecule has 0 saturated heterocycles. The van der Waals surface area contributed by atoms with Crippen LogP contribution in [0.15, 0.2) is 47.6 Å². The highest BCUT2D eigenvalue weighted by Crippen LogP contribution is 2.66. The topological polar surface area (TPSA) is 26.3 Å². The van der Waals surface area contributed by atoms with Crippen LogP contribution in [0.2, 0.25) is 0 Å². The number of fused-ring (bicyclic) bond motifs is 5. The van der Waals surface area contributed by atoms with Gasteiger partial charge in [-0.2, -0.15) is 0 Å². The van der Waals surface area contributed by atoms with Gasteiger partial charge in [0.05, 0.1) is 0 Å². The molecule has 0 heterocycles. The van der Waals surface area contributed by atoms with Crippen molar-refractivity contribution in [1.82, 2.24) is 0 Å². The SMILES string of the molecule is CCCCCCCC/C=C\CCCCCCCC(=O)O[C@H]1CC[C@]2(C)C(=CC=C3[C@H]2CC[C@]2(C)[C@@H]([C@H](C)C=C[C@H](C)C(C)C)CC[C@@H]32)C1. The molecule has 0 bridgehead atoms. The van der Waals surface area contributed by atoms with Gasteiger partial charge < -0.3 is 4.74 Å². The fourth-order valence-electron chi connectivity index (χ4n) is 10.3. The predicted molar refractivity (Wildman–Crippen MR) is 207 cm³/mol. The van der Waals surface area contributed by atoms with Gasteiger partial charge in [0, 0.05) is 12.8 Å². The monoisotopic (exact) mass is 661 g/mol. The molecule has 0 aliphatic heterocycles. The van der Waals surface area contributed by atoms with E-state index in [2.05, 4.69) is 84.9 Å². The lowest BCUT2D eigenvalue weighted by atomic mass is 9.50. The summed E-state index contributed by atoms with van der Waals surface area (Å²) >= 11 is 0. The van der Waals surface area contributed by atoms with Gasteiger partial charge in [0.2, 0.25) is 0 Å². The molecule has 0 amide bonds. The molecule has 3 fully saturated rings. The first-order valence-electron chi connectivity index (χ1n) is 21.0. The second-order valence-electron chi connectivity index (χ2n) is 17.6. The molecule has 0 spiro atoms. The van der Waals surface area contributed by atoms with Crippen molar-refractivity contribution in [2.45, 2.75) is 189 Å². The lowest BCUT2D eigenvalue weighted by molar-refractivity contribution is -0.151. The molecule has 0 radical (unpaired) electrons. The Bertz CT molecular complexity index is 1110. The van der Waals surface area contributed by atoms with Gasteiger partial charge in [-0.15, -0.1) is 0 Å². The van der Waals surface area contributed by atoms with E-state index < -0.39 is 0 Å². The Morgan fingerprint density at radius 3 is 2.15 bits per heavy atom. The Kier molecular flexibility index (Phi) is 15.6. The molecule has 8 atom stereocenters. The number of unbranched alkanes of at least 4 members (excludes halogenated alkanes) is 11. The minimum Gasteiger partial charge on any atom is -0.462 e. The lowest BCUT2D eigenvalue weighted by Crippen LogP contribution is -2.46. The lowest BCUT2D eigenvalue weighted by Gasteiger charge is -2.55. The fraction of sp³-hybridized carbons (Fsp3) is 0.804. The quantitative estimate of drug-likeness (QED) is 0.0738. The molecule has 48 heavy (non-hydrogen) atoms. The summed E-state index contributed by atoms with van der Waals surface area (Å²) in [4.78, 5) is 12.8. The highest BCUT2D eigenvalue weighted by Gasteiger charge is 2.57. The van der Waals surface area contributed by atoms with Crippen molar-refractivity contribution < 1.29 is 9.53 Å². The van der Waals surface area contributed by atoms with E-state index in [1.165, 1.54) is 96.3 Å². The average molecular weight is 661 g/mol. The predicted octanol–water partition coefficient (Wildman–Crippen LogP) is 13.9. The van der Waals surface area contributed by atoms with Gasteiger partial charge in [-0.1, -0.05) is 147 Å². The summed E-state index contributed by atoms with van der Waals surface area (Å²) in [7, 11) is 0. The summed E-state index contributed by atoms with van der Waals surface area (Å²) in [5, 5.41) is 0. The van der Waals surface area contributed by atoms with Crippen molar-refractivity contribution in [2.75, 3.05) is 0 Å². The van der Waals surface area contributed by atoms with Gasteiger partial charge in [-0.25, -0.2) is 0 Å². The molecule has 0 unspecified atom stereocenters. The van der Waals surface area contributed by atoms with Crippen LogP contribution in [-0.2, 0) is 9.53 Å². The maximum Gasteiger partial charge on any atom is 0.306 e. The van der Waals surface area contributed by atoms with E-state index in [1.54, 1.807) is 11.1 Å². The number of allylic oxidation sites excluding steroid dienone is 7. The molecule has 0 aromatic heterocycles. The molecule has 0 aromatic rings. The van der Waals surface area contributed by atoms with Crippen LogP contribution in [0, 0.1) is 46.3 Å². The zero-order valence-corrected chi connectivity index (χ0v) is 32.7. The van der Waals surface area contributed by atoms with Crippen molar-refractivity contribution in [1.29, 1.82) is 0 Å². The summed E-state index contributed by atoms with van der Waals surface area (Å²) in [6.45, 7) is 17.0. The zero-order chi connectivity index (χ0) is 34.6. The molecule has 4 aliphatic carbocycles. The van der Waals surface area contributed by atoms with Crippen LogP contribution >= 0.6 is 0 Å². The van der Waals surface area contributed by atoms with E-state index >= 15 is 0 Å². The Labute approximate surface area is 298 Å². The third kappa shape index (κ3) is 10.2. The van der Waals surface area contributed by atoms with E-state index in [4.69, 9.17) is 4.74 Å². The molecule has 2 heteroatoms. The molecule has 2 nitrogen and oxygen atoms in total. The van der Waals surface area contributed by atoms with E-state index in [-0.39, 0.29) is 17.5 Å². The fourth-order valence-corrected chi connectivity index (χ4v) is 10.3. The summed E-state index contributed by atoms with van der Waals surface area (Å²) in [5.74, 6) is 4.24. The van der Waals surface area contributed by atoms with Crippen LogP contribution in [0.4, 0.5) is 0 Å². The molecule has 272 valence electrons. The zero-order valence-electron chi connectivity index (χ0n) is 32.7. The van der Waals surface area contributed by atoms with Crippen LogP contribution in [0.3, 0.4) is 0 Å². The molecular weight excluding hydrogens is 585 g/mol. The van der Waals surface area contributed by atoms with Crippen molar-refractivity contribution in [3.8, 4) is 0 Å². The molecule has 0 aromatic carbocycles. The maximum absolute atomic E-state index is 12.8. The van der Waals surface area contributed by atoms with Crippen molar-refractivity contribution in [2.24, 2.45) is 46.3 Å². The first-order valence-corrected chi connectivity index (χ1v) is 21.0. The first kappa shape index (κ1) is 39.2. The highest BCUT2D eigenvalue weighted by atomic mass is 16.5. The Balaban J connectivity index is 1.16. The summed E-state index contributed by atoms with van der Waals surface area (Å²) in [5.41, 5.74) is 3.99. The third-order valence-electron chi connectivity index (χ3n) is 13.9. The number of hydrogen-bond donors (Lipinski definition) is 0. The largest absolute Gasteiger partial charge is 0.462 e. The van der Waals surface area contributed by atoms with Crippen molar-refractivity contribution in [3.05, 3.63) is 47.6 Å². The van der Waals surface area contributed by atoms with Crippen LogP contribution in [-0.4, -0.2) is 12.1 Å². The third-order valence-corrected chi connectivity index (χ3v) is 13.9. The van der Waals surface area contributed by atoms with E-state index in [9.17, 15) is 4.79 Å². The summed E-state index contributed by atoms with van der Waals surface area (Å²) in [6.07, 6.45) is 40.7. The molecule has 4 aliphatic rings. The standard InChI is InChI=1S/C46H76O2/c1-8-9-10-11-12-13-14-15-16-17-18-19-20-21-22-23-44(47)48-39-30-32-45(6)38(34-39)26-27-40-42-29-28-41(46(42,7)33-31-43(40)45)37(5)25-24-36(4)35(2)3/h15-16,24-27,35-37,39,41-43H,8-14,17-23,28-34H2,1-7H3/b16-15-,25-24?/t36-,37+,39-,41+,42-,43+,45+,46+/m0/s1. The number of carbonyl (C=O) groups is 1. The van der Waals surface area contributed by atoms with Gasteiger partial charge in [-0.3, -0.25) is 4.79 Å². The number of hydrogen-bond acceptors (Lipinski definition) is 2. The van der Waals surface area contributed by atoms with Crippen LogP contribution in [0.25, 0.3) is 0 Å². The Morgan fingerprint density at radius 1 is 0.792 bits per heavy atom. The van der Waals surface area contributed by atoms with Gasteiger partial charge in [0.25, 0.3) is 0 Å². The molecular formula is C46H76O2. The van der Waals surface area contributed by atoms with Crippen LogP contribution in [0.1, 0.15) is 183 Å². The minimum absolute atomic E-state index is 0.0326. The normalized spacial score (nSPS) is 31.3. The number of ether oxygens (including phenoxy) is 1. The first-order chi connectivity index (χ1) is 23.1. The second-order valence-corrected chi connectivity index (χ2v) is 17.6. The van der Waals surface area contributed by atoms with Gasteiger partial charge in [0.15, 0.2) is 0 Å². The number of esters is 1. The van der Waals surface area contributed by atoms with Gasteiger partial charge in [0.1, 0.15) is 6.10 Å². The summed E-state index contributed by atoms with van der Waals surface area (Å²) in [6, 6.07) is 0. The van der Waals surface area contributed by atoms with E-state index in [1.807, 2.05) is 0 Å². The van der Waals surface area contributed by atoms with Gasteiger partial charge in [-0.05, 0) is 117 Å². The molecule has 3 saturated carbocycles. The minimum atomic E-state index is 0.0326. The van der Waals surface area contributed by atoms with Crippen molar-refractivity contribution >= 4 is 5.97 Å².